The van der Waals surface area contributed by atoms with Crippen molar-refractivity contribution in [1.29, 1.82) is 0 Å². The molecule has 2 amide bonds. The third-order valence-corrected chi connectivity index (χ3v) is 7.54. The molecule has 2 aliphatic rings. The number of hydrogen-bond donors (Lipinski definition) is 1. The Kier molecular flexibility index (Phi) is 5.35. The fraction of sp³-hybridized carbons (Fsp3) is 0.125. The Morgan fingerprint density at radius 3 is 1.82 bits per heavy atom. The van der Waals surface area contributed by atoms with Crippen molar-refractivity contribution in [3.8, 4) is 0 Å². The molecule has 6 rings (SSSR count). The number of rotatable bonds is 4. The van der Waals surface area contributed by atoms with Crippen molar-refractivity contribution in [1.82, 2.24) is 4.90 Å². The molecule has 0 spiro atoms. The second-order valence-corrected chi connectivity index (χ2v) is 9.79. The lowest BCUT2D eigenvalue weighted by Gasteiger charge is -2.24. The molecule has 0 atom stereocenters. The SMILES string of the molecule is Cc1cc(C)c(Nc2cccc3c2C(=O)c2ccccc2C3=O)c(C)c1CN1C(=O)c2ccccc2C1=O. The van der Waals surface area contributed by atoms with E-state index in [4.69, 9.17) is 0 Å². The molecule has 4 aromatic carbocycles. The Morgan fingerprint density at radius 2 is 1.18 bits per heavy atom. The number of hydrogen-bond acceptors (Lipinski definition) is 5. The summed E-state index contributed by atoms with van der Waals surface area (Å²) in [6.45, 7) is 6.00. The molecule has 6 heteroatoms. The van der Waals surface area contributed by atoms with Crippen LogP contribution in [0.5, 0.6) is 0 Å². The van der Waals surface area contributed by atoms with E-state index < -0.39 is 0 Å². The van der Waals surface area contributed by atoms with Crippen molar-refractivity contribution < 1.29 is 19.2 Å². The summed E-state index contributed by atoms with van der Waals surface area (Å²) in [6.07, 6.45) is 0. The Hall–Kier alpha value is -4.84. The van der Waals surface area contributed by atoms with Crippen LogP contribution in [-0.4, -0.2) is 28.3 Å². The Morgan fingerprint density at radius 1 is 0.632 bits per heavy atom. The highest BCUT2D eigenvalue weighted by Gasteiger charge is 2.36. The number of fused-ring (bicyclic) bond motifs is 3. The Bertz CT molecular complexity index is 1700. The van der Waals surface area contributed by atoms with Crippen LogP contribution in [-0.2, 0) is 6.54 Å². The minimum absolute atomic E-state index is 0.136. The van der Waals surface area contributed by atoms with Gasteiger partial charge in [0, 0.05) is 22.4 Å². The number of nitrogens with zero attached hydrogens (tertiary/aromatic N) is 1. The number of imide groups is 1. The van der Waals surface area contributed by atoms with E-state index in [1.807, 2.05) is 26.8 Å². The summed E-state index contributed by atoms with van der Waals surface area (Å²) in [6, 6.07) is 21.0. The molecule has 1 heterocycles. The first-order chi connectivity index (χ1) is 18.3. The summed E-state index contributed by atoms with van der Waals surface area (Å²) >= 11 is 0. The number of nitrogens with one attached hydrogen (secondary N) is 1. The van der Waals surface area contributed by atoms with Crippen LogP contribution in [0.15, 0.2) is 72.8 Å². The fourth-order valence-corrected chi connectivity index (χ4v) is 5.59. The van der Waals surface area contributed by atoms with E-state index in [0.29, 0.717) is 39.1 Å². The first-order valence-corrected chi connectivity index (χ1v) is 12.4. The smallest absolute Gasteiger partial charge is 0.261 e. The lowest BCUT2D eigenvalue weighted by molar-refractivity contribution is 0.0641. The molecule has 186 valence electrons. The van der Waals surface area contributed by atoms with Crippen molar-refractivity contribution in [2.45, 2.75) is 27.3 Å². The molecule has 38 heavy (non-hydrogen) atoms. The molecule has 1 aliphatic carbocycles. The number of carbonyl (C=O) groups excluding carboxylic acids is 4. The highest BCUT2D eigenvalue weighted by Crippen LogP contribution is 2.37. The Balaban J connectivity index is 1.40. The van der Waals surface area contributed by atoms with Gasteiger partial charge in [-0.05, 0) is 61.2 Å². The molecule has 1 N–H and O–H groups in total. The van der Waals surface area contributed by atoms with Crippen LogP contribution in [0.1, 0.15) is 74.8 Å². The van der Waals surface area contributed by atoms with Gasteiger partial charge in [0.1, 0.15) is 0 Å². The van der Waals surface area contributed by atoms with Crippen LogP contribution in [0.3, 0.4) is 0 Å². The van der Waals surface area contributed by atoms with Gasteiger partial charge in [0.25, 0.3) is 11.8 Å². The number of anilines is 2. The maximum Gasteiger partial charge on any atom is 0.261 e. The highest BCUT2D eigenvalue weighted by molar-refractivity contribution is 6.30. The molecule has 0 saturated heterocycles. The summed E-state index contributed by atoms with van der Waals surface area (Å²) in [5.74, 6) is -0.992. The summed E-state index contributed by atoms with van der Waals surface area (Å²) in [5.41, 5.74) is 7.27. The normalized spacial score (nSPS) is 13.9. The molecule has 4 aromatic rings. The van der Waals surface area contributed by atoms with Crippen molar-refractivity contribution in [3.63, 3.8) is 0 Å². The zero-order valence-corrected chi connectivity index (χ0v) is 21.2. The van der Waals surface area contributed by atoms with Gasteiger partial charge >= 0.3 is 0 Å². The van der Waals surface area contributed by atoms with Gasteiger partial charge in [0.15, 0.2) is 11.6 Å². The van der Waals surface area contributed by atoms with Crippen molar-refractivity contribution >= 4 is 34.8 Å². The molecule has 0 unspecified atom stereocenters. The van der Waals surface area contributed by atoms with Crippen LogP contribution in [0.4, 0.5) is 11.4 Å². The first kappa shape index (κ1) is 23.6. The van der Waals surface area contributed by atoms with Gasteiger partial charge in [-0.25, -0.2) is 0 Å². The summed E-state index contributed by atoms with van der Waals surface area (Å²) in [5, 5.41) is 3.42. The van der Waals surface area contributed by atoms with Crippen molar-refractivity contribution in [2.75, 3.05) is 5.32 Å². The molecule has 0 fully saturated rings. The molecule has 0 aromatic heterocycles. The predicted octanol–water partition coefficient (Wildman–Crippen LogP) is 5.93. The average molecular weight is 501 g/mol. The average Bonchev–Trinajstić information content (AvgIpc) is 3.16. The topological polar surface area (TPSA) is 83.6 Å². The van der Waals surface area contributed by atoms with Gasteiger partial charge in [-0.2, -0.15) is 0 Å². The predicted molar refractivity (Wildman–Crippen MR) is 144 cm³/mol. The van der Waals surface area contributed by atoms with Gasteiger partial charge in [0.05, 0.1) is 28.9 Å². The van der Waals surface area contributed by atoms with E-state index in [1.165, 1.54) is 4.90 Å². The van der Waals surface area contributed by atoms with Crippen molar-refractivity contribution in [2.24, 2.45) is 0 Å². The van der Waals surface area contributed by atoms with Gasteiger partial charge in [-0.3, -0.25) is 24.1 Å². The number of ketones is 2. The van der Waals surface area contributed by atoms with Crippen LogP contribution < -0.4 is 5.32 Å². The molecule has 0 saturated carbocycles. The van der Waals surface area contributed by atoms with Gasteiger partial charge < -0.3 is 5.32 Å². The fourth-order valence-electron chi connectivity index (χ4n) is 5.59. The largest absolute Gasteiger partial charge is 0.354 e. The van der Waals surface area contributed by atoms with E-state index in [0.717, 1.165) is 27.9 Å². The quantitative estimate of drug-likeness (QED) is 0.310. The number of amides is 2. The lowest BCUT2D eigenvalue weighted by Crippen LogP contribution is -2.30. The maximum atomic E-state index is 13.5. The molecule has 0 radical (unpaired) electrons. The zero-order valence-electron chi connectivity index (χ0n) is 21.2. The maximum absolute atomic E-state index is 13.5. The minimum Gasteiger partial charge on any atom is -0.354 e. The third kappa shape index (κ3) is 3.41. The van der Waals surface area contributed by atoms with E-state index in [9.17, 15) is 19.2 Å². The first-order valence-electron chi connectivity index (χ1n) is 12.4. The number of aryl methyl sites for hydroxylation is 2. The second-order valence-electron chi connectivity index (χ2n) is 9.79. The molecule has 6 nitrogen and oxygen atoms in total. The minimum atomic E-state index is -0.306. The van der Waals surface area contributed by atoms with Crippen LogP contribution >= 0.6 is 0 Å². The van der Waals surface area contributed by atoms with E-state index in [-0.39, 0.29) is 29.9 Å². The van der Waals surface area contributed by atoms with Gasteiger partial charge in [-0.1, -0.05) is 54.6 Å². The monoisotopic (exact) mass is 500 g/mol. The second kappa shape index (κ2) is 8.63. The van der Waals surface area contributed by atoms with Gasteiger partial charge in [-0.15, -0.1) is 0 Å². The standard InChI is InChI=1S/C32H24N2O4/c1-17-15-18(2)28(19(3)25(17)16-34-31(37)22-11-6-7-12-23(22)32(34)38)33-26-14-8-13-24-27(26)30(36)21-10-5-4-9-20(21)29(24)35/h4-15,33H,16H2,1-3H3. The van der Waals surface area contributed by atoms with Crippen LogP contribution in [0, 0.1) is 20.8 Å². The van der Waals surface area contributed by atoms with Crippen LogP contribution in [0.25, 0.3) is 0 Å². The zero-order chi connectivity index (χ0) is 26.7. The Labute approximate surface area is 219 Å². The van der Waals surface area contributed by atoms with E-state index >= 15 is 0 Å². The molecular formula is C32H24N2O4. The lowest BCUT2D eigenvalue weighted by atomic mass is 9.83. The molecular weight excluding hydrogens is 476 g/mol. The summed E-state index contributed by atoms with van der Waals surface area (Å²) in [4.78, 5) is 54.0. The molecule has 1 aliphatic heterocycles. The van der Waals surface area contributed by atoms with Gasteiger partial charge in [0.2, 0.25) is 0 Å². The van der Waals surface area contributed by atoms with Crippen LogP contribution in [0.2, 0.25) is 0 Å². The number of carbonyl (C=O) groups is 4. The number of benzene rings is 4. The molecule has 0 bridgehead atoms. The van der Waals surface area contributed by atoms with E-state index in [1.54, 1.807) is 66.7 Å². The summed E-state index contributed by atoms with van der Waals surface area (Å²) in [7, 11) is 0. The van der Waals surface area contributed by atoms with E-state index in [2.05, 4.69) is 5.32 Å². The summed E-state index contributed by atoms with van der Waals surface area (Å²) < 4.78 is 0. The highest BCUT2D eigenvalue weighted by atomic mass is 16.2. The van der Waals surface area contributed by atoms with Crippen molar-refractivity contribution in [3.05, 3.63) is 128 Å². The third-order valence-electron chi connectivity index (χ3n) is 7.54.